The molecule has 3 rings (SSSR count). The fourth-order valence-corrected chi connectivity index (χ4v) is 2.97. The van der Waals surface area contributed by atoms with E-state index in [1.807, 2.05) is 37.3 Å². The molecule has 0 saturated carbocycles. The van der Waals surface area contributed by atoms with Crippen molar-refractivity contribution in [3.05, 3.63) is 76.6 Å². The van der Waals surface area contributed by atoms with Gasteiger partial charge in [0.05, 0.1) is 12.5 Å². The van der Waals surface area contributed by atoms with Crippen molar-refractivity contribution in [2.45, 2.75) is 6.92 Å². The third-order valence-electron chi connectivity index (χ3n) is 4.38. The lowest BCUT2D eigenvalue weighted by Crippen LogP contribution is -2.26. The molecule has 1 N–H and O–H groups in total. The number of hydrogen-bond acceptors (Lipinski definition) is 4. The molecule has 28 heavy (non-hydrogen) atoms. The first-order valence-electron chi connectivity index (χ1n) is 8.76. The van der Waals surface area contributed by atoms with Crippen LogP contribution in [0.5, 0.6) is 5.75 Å². The molecule has 6 nitrogen and oxygen atoms in total. The zero-order valence-electron chi connectivity index (χ0n) is 16.3. The van der Waals surface area contributed by atoms with Gasteiger partial charge in [-0.1, -0.05) is 24.3 Å². The Labute approximate surface area is 163 Å². The van der Waals surface area contributed by atoms with Crippen LogP contribution in [0.25, 0.3) is 21.9 Å². The lowest BCUT2D eigenvalue weighted by atomic mass is 9.97. The van der Waals surface area contributed by atoms with E-state index in [1.54, 1.807) is 32.4 Å². The molecular formula is C22H22N2O4. The quantitative estimate of drug-likeness (QED) is 0.545. The predicted octanol–water partition coefficient (Wildman–Crippen LogP) is 3.46. The number of carbonyl (C=O) groups is 1. The molecule has 1 amide bonds. The molecule has 144 valence electrons. The van der Waals surface area contributed by atoms with E-state index in [9.17, 15) is 9.59 Å². The average Bonchev–Trinajstić information content (AvgIpc) is 2.68. The minimum atomic E-state index is -0.343. The van der Waals surface area contributed by atoms with Gasteiger partial charge in [-0.3, -0.25) is 9.59 Å². The van der Waals surface area contributed by atoms with Crippen LogP contribution in [0, 0.1) is 6.92 Å². The summed E-state index contributed by atoms with van der Waals surface area (Å²) in [4.78, 5) is 28.8. The first-order valence-corrected chi connectivity index (χ1v) is 8.76. The number of amides is 1. The molecule has 1 aromatic heterocycles. The number of aromatic amines is 1. The largest absolute Gasteiger partial charge is 0.500 e. The number of carbonyl (C=O) groups excluding carboxylic acids is 1. The molecule has 3 aromatic rings. The monoisotopic (exact) mass is 378 g/mol. The summed E-state index contributed by atoms with van der Waals surface area (Å²) in [6, 6.07) is 13.2. The van der Waals surface area contributed by atoms with E-state index in [-0.39, 0.29) is 17.2 Å². The Hall–Kier alpha value is -3.54. The molecule has 0 unspecified atom stereocenters. The maximum atomic E-state index is 12.4. The zero-order chi connectivity index (χ0) is 20.3. The number of nitrogens with one attached hydrogen (secondary N) is 1. The molecule has 0 radical (unpaired) electrons. The van der Waals surface area contributed by atoms with Crippen LogP contribution >= 0.6 is 0 Å². The second kappa shape index (κ2) is 8.00. The lowest BCUT2D eigenvalue weighted by Gasteiger charge is -2.15. The van der Waals surface area contributed by atoms with Crippen molar-refractivity contribution < 1.29 is 14.3 Å². The molecule has 0 atom stereocenters. The molecule has 0 aliphatic heterocycles. The van der Waals surface area contributed by atoms with Gasteiger partial charge >= 0.3 is 0 Å². The minimum absolute atomic E-state index is 0.0262. The number of ether oxygens (including phenoxy) is 2. The second-order valence-corrected chi connectivity index (χ2v) is 6.57. The van der Waals surface area contributed by atoms with E-state index in [4.69, 9.17) is 9.47 Å². The third-order valence-corrected chi connectivity index (χ3v) is 4.38. The Balaban J connectivity index is 2.09. The molecule has 0 saturated heterocycles. The smallest absolute Gasteiger partial charge is 0.292 e. The number of aromatic nitrogens is 1. The fraction of sp³-hybridized carbons (Fsp3) is 0.182. The predicted molar refractivity (Wildman–Crippen MR) is 109 cm³/mol. The summed E-state index contributed by atoms with van der Waals surface area (Å²) in [5, 5.41) is 1.29. The summed E-state index contributed by atoms with van der Waals surface area (Å²) < 4.78 is 10.6. The van der Waals surface area contributed by atoms with Crippen LogP contribution in [-0.2, 0) is 9.53 Å². The van der Waals surface area contributed by atoms with Crippen LogP contribution in [0.3, 0.4) is 0 Å². The minimum Gasteiger partial charge on any atom is -0.500 e. The average molecular weight is 378 g/mol. The number of hydrogen-bond donors (Lipinski definition) is 1. The molecule has 2 aromatic carbocycles. The maximum Gasteiger partial charge on any atom is 0.292 e. The summed E-state index contributed by atoms with van der Waals surface area (Å²) in [5.41, 5.74) is 2.85. The number of fused-ring (bicyclic) bond motifs is 1. The molecule has 6 heteroatoms. The molecule has 0 aliphatic carbocycles. The number of likely N-dealkylation sites (N-methyl/N-ethyl adjacent to an activating group) is 1. The van der Waals surface area contributed by atoms with E-state index in [2.05, 4.69) is 4.98 Å². The van der Waals surface area contributed by atoms with Gasteiger partial charge in [-0.05, 0) is 41.6 Å². The summed E-state index contributed by atoms with van der Waals surface area (Å²) in [5.74, 6) is 0.0567. The fourth-order valence-electron chi connectivity index (χ4n) is 2.97. The Kier molecular flexibility index (Phi) is 5.49. The van der Waals surface area contributed by atoms with Gasteiger partial charge in [0.1, 0.15) is 12.0 Å². The normalized spacial score (nSPS) is 11.4. The van der Waals surface area contributed by atoms with E-state index >= 15 is 0 Å². The standard InChI is InChI=1S/C22H22N2O4/c1-14-7-5-6-8-16(14)19-12-23-21(25)18-11-15(9-10-17(18)19)28-20(13-27-4)22(26)24(2)3/h5-13H,1-4H3,(H,23,25). The SMILES string of the molecule is COC=C(Oc1ccc2c(-c3ccccc3C)c[nH]c(=O)c2c1)C(=O)N(C)C. The molecule has 0 spiro atoms. The Morgan fingerprint density at radius 3 is 2.50 bits per heavy atom. The van der Waals surface area contributed by atoms with Crippen molar-refractivity contribution in [1.82, 2.24) is 9.88 Å². The van der Waals surface area contributed by atoms with Crippen molar-refractivity contribution in [2.75, 3.05) is 21.2 Å². The number of benzene rings is 2. The van der Waals surface area contributed by atoms with Crippen molar-refractivity contribution in [1.29, 1.82) is 0 Å². The summed E-state index contributed by atoms with van der Waals surface area (Å²) >= 11 is 0. The summed E-state index contributed by atoms with van der Waals surface area (Å²) in [6.07, 6.45) is 2.96. The van der Waals surface area contributed by atoms with Crippen LogP contribution in [0.15, 0.2) is 65.5 Å². The van der Waals surface area contributed by atoms with Gasteiger partial charge in [-0.2, -0.15) is 0 Å². The number of H-pyrrole nitrogens is 1. The number of aryl methyl sites for hydroxylation is 1. The molecule has 0 fully saturated rings. The van der Waals surface area contributed by atoms with Gasteiger partial charge in [0, 0.05) is 25.9 Å². The highest BCUT2D eigenvalue weighted by Crippen LogP contribution is 2.30. The van der Waals surface area contributed by atoms with Gasteiger partial charge in [0.15, 0.2) is 0 Å². The van der Waals surface area contributed by atoms with E-state index in [0.717, 1.165) is 22.1 Å². The van der Waals surface area contributed by atoms with Crippen LogP contribution in [0.1, 0.15) is 5.56 Å². The van der Waals surface area contributed by atoms with Crippen molar-refractivity contribution in [3.63, 3.8) is 0 Å². The third kappa shape index (κ3) is 3.76. The van der Waals surface area contributed by atoms with E-state index < -0.39 is 0 Å². The van der Waals surface area contributed by atoms with Gasteiger partial charge in [-0.25, -0.2) is 0 Å². The highest BCUT2D eigenvalue weighted by molar-refractivity contribution is 5.97. The maximum absolute atomic E-state index is 12.4. The van der Waals surface area contributed by atoms with E-state index in [1.165, 1.54) is 18.3 Å². The summed E-state index contributed by atoms with van der Waals surface area (Å²) in [6.45, 7) is 2.03. The number of nitrogens with zero attached hydrogens (tertiary/aromatic N) is 1. The Morgan fingerprint density at radius 2 is 1.82 bits per heavy atom. The van der Waals surface area contributed by atoms with Crippen LogP contribution < -0.4 is 10.3 Å². The highest BCUT2D eigenvalue weighted by atomic mass is 16.5. The highest BCUT2D eigenvalue weighted by Gasteiger charge is 2.16. The molecule has 1 heterocycles. The van der Waals surface area contributed by atoms with Gasteiger partial charge in [0.25, 0.3) is 11.5 Å². The van der Waals surface area contributed by atoms with Crippen LogP contribution in [0.2, 0.25) is 0 Å². The van der Waals surface area contributed by atoms with Crippen LogP contribution in [-0.4, -0.2) is 37.0 Å². The lowest BCUT2D eigenvalue weighted by molar-refractivity contribution is -0.127. The zero-order valence-corrected chi connectivity index (χ0v) is 16.3. The van der Waals surface area contributed by atoms with Crippen molar-refractivity contribution >= 4 is 16.7 Å². The first-order chi connectivity index (χ1) is 13.4. The topological polar surface area (TPSA) is 71.6 Å². The van der Waals surface area contributed by atoms with Gasteiger partial charge < -0.3 is 19.4 Å². The Morgan fingerprint density at radius 1 is 1.07 bits per heavy atom. The number of rotatable bonds is 5. The number of pyridine rings is 1. The summed E-state index contributed by atoms with van der Waals surface area (Å²) in [7, 11) is 4.68. The Bertz CT molecular complexity index is 1110. The molecular weight excluding hydrogens is 356 g/mol. The molecule has 0 bridgehead atoms. The second-order valence-electron chi connectivity index (χ2n) is 6.57. The van der Waals surface area contributed by atoms with E-state index in [0.29, 0.717) is 11.1 Å². The number of methoxy groups -OCH3 is 1. The van der Waals surface area contributed by atoms with Crippen molar-refractivity contribution in [3.8, 4) is 16.9 Å². The van der Waals surface area contributed by atoms with Gasteiger partial charge in [-0.15, -0.1) is 0 Å². The first kappa shape index (κ1) is 19.2. The van der Waals surface area contributed by atoms with Gasteiger partial charge in [0.2, 0.25) is 5.76 Å². The molecule has 0 aliphatic rings. The van der Waals surface area contributed by atoms with Crippen LogP contribution in [0.4, 0.5) is 0 Å². The van der Waals surface area contributed by atoms with Crippen molar-refractivity contribution in [2.24, 2.45) is 0 Å².